The number of para-hydroxylation sites is 1. The topological polar surface area (TPSA) is 105 Å². The number of rotatable bonds is 6. The van der Waals surface area contributed by atoms with E-state index in [4.69, 9.17) is 9.84 Å². The molecule has 1 aliphatic heterocycles. The number of hydrogen-bond donors (Lipinski definition) is 2. The minimum Gasteiger partial charge on any atom is -0.488 e. The molecule has 0 aliphatic carbocycles. The number of aromatic carboxylic acids is 1. The van der Waals surface area contributed by atoms with Gasteiger partial charge in [0, 0.05) is 11.1 Å². The number of carboxylic acid groups (broad SMARTS) is 1. The molecule has 1 aliphatic rings. The van der Waals surface area contributed by atoms with Gasteiger partial charge in [0.25, 0.3) is 11.8 Å². The highest BCUT2D eigenvalue weighted by Gasteiger charge is 2.25. The summed E-state index contributed by atoms with van der Waals surface area (Å²) in [5.41, 5.74) is 2.14. The molecule has 164 valence electrons. The summed E-state index contributed by atoms with van der Waals surface area (Å²) >= 11 is 1.08. The number of thioether (sulfide) groups is 1. The molecule has 0 aromatic heterocycles. The summed E-state index contributed by atoms with van der Waals surface area (Å²) in [6.45, 7) is 0.234. The van der Waals surface area contributed by atoms with E-state index in [-0.39, 0.29) is 23.2 Å². The normalized spacial score (nSPS) is 15.5. The van der Waals surface area contributed by atoms with Gasteiger partial charge in [0.15, 0.2) is 5.17 Å². The monoisotopic (exact) mass is 458 g/mol. The Morgan fingerprint density at radius 1 is 0.939 bits per heavy atom. The fourth-order valence-corrected chi connectivity index (χ4v) is 3.81. The summed E-state index contributed by atoms with van der Waals surface area (Å²) in [6.07, 6.45) is 1.68. The Morgan fingerprint density at radius 2 is 1.64 bits per heavy atom. The average Bonchev–Trinajstić information content (AvgIpc) is 3.17. The van der Waals surface area contributed by atoms with Gasteiger partial charge in [0.2, 0.25) is 0 Å². The van der Waals surface area contributed by atoms with E-state index in [1.807, 2.05) is 24.3 Å². The van der Waals surface area contributed by atoms with Crippen molar-refractivity contribution in [3.63, 3.8) is 0 Å². The third kappa shape index (κ3) is 5.55. The molecule has 4 rings (SSSR count). The Kier molecular flexibility index (Phi) is 6.66. The molecule has 2 N–H and O–H groups in total. The van der Waals surface area contributed by atoms with Crippen molar-refractivity contribution in [1.29, 1.82) is 0 Å². The van der Waals surface area contributed by atoms with Crippen molar-refractivity contribution in [3.05, 3.63) is 106 Å². The third-order valence-electron chi connectivity index (χ3n) is 4.68. The van der Waals surface area contributed by atoms with E-state index in [1.165, 1.54) is 12.1 Å². The van der Waals surface area contributed by atoms with Crippen molar-refractivity contribution >= 4 is 40.8 Å². The molecule has 1 saturated heterocycles. The first-order chi connectivity index (χ1) is 16.0. The minimum absolute atomic E-state index is 0.205. The average molecular weight is 458 g/mol. The molecule has 7 nitrogen and oxygen atoms in total. The number of aliphatic imine (C=N–C) groups is 1. The fraction of sp³-hybridized carbons (Fsp3) is 0.0400. The highest BCUT2D eigenvalue weighted by Crippen LogP contribution is 2.30. The smallest absolute Gasteiger partial charge is 0.335 e. The molecule has 0 spiro atoms. The van der Waals surface area contributed by atoms with Crippen LogP contribution in [0.1, 0.15) is 31.8 Å². The number of nitrogens with one attached hydrogen (secondary N) is 1. The highest BCUT2D eigenvalue weighted by atomic mass is 32.2. The molecular weight excluding hydrogens is 440 g/mol. The number of nitrogens with zero attached hydrogens (tertiary/aromatic N) is 1. The number of amidine groups is 1. The summed E-state index contributed by atoms with van der Waals surface area (Å²) in [7, 11) is 0. The van der Waals surface area contributed by atoms with Gasteiger partial charge in [-0.15, -0.1) is 0 Å². The maximum Gasteiger partial charge on any atom is 0.335 e. The maximum absolute atomic E-state index is 12.4. The zero-order chi connectivity index (χ0) is 23.2. The van der Waals surface area contributed by atoms with Crippen LogP contribution in [0.4, 0.5) is 0 Å². The van der Waals surface area contributed by atoms with Crippen molar-refractivity contribution in [1.82, 2.24) is 5.32 Å². The predicted octanol–water partition coefficient (Wildman–Crippen LogP) is 4.36. The van der Waals surface area contributed by atoms with Crippen LogP contribution in [0, 0.1) is 0 Å². The van der Waals surface area contributed by atoms with Gasteiger partial charge in [-0.2, -0.15) is 4.99 Å². The summed E-state index contributed by atoms with van der Waals surface area (Å²) < 4.78 is 5.90. The van der Waals surface area contributed by atoms with Gasteiger partial charge in [-0.05, 0) is 53.7 Å². The lowest BCUT2D eigenvalue weighted by atomic mass is 10.1. The number of carboxylic acids is 1. The molecule has 8 heteroatoms. The number of ether oxygens (including phenoxy) is 1. The second-order valence-corrected chi connectivity index (χ2v) is 8.01. The van der Waals surface area contributed by atoms with Gasteiger partial charge in [0.05, 0.1) is 10.5 Å². The Morgan fingerprint density at radius 3 is 2.36 bits per heavy atom. The summed E-state index contributed by atoms with van der Waals surface area (Å²) in [5.74, 6) is -1.21. The second kappa shape index (κ2) is 9.97. The second-order valence-electron chi connectivity index (χ2n) is 6.98. The number of carbonyl (C=O) groups excluding carboxylic acids is 2. The number of hydrogen-bond acceptors (Lipinski definition) is 5. The van der Waals surface area contributed by atoms with Crippen LogP contribution < -0.4 is 10.1 Å². The van der Waals surface area contributed by atoms with Crippen molar-refractivity contribution in [2.24, 2.45) is 4.99 Å². The lowest BCUT2D eigenvalue weighted by Crippen LogP contribution is -2.20. The van der Waals surface area contributed by atoms with Gasteiger partial charge in [-0.3, -0.25) is 9.59 Å². The standard InChI is InChI=1S/C25H18N2O5S/c28-22(17-6-2-1-3-7-17)26-25-27-23(29)21(33-25)14-19-8-4-5-9-20(19)32-15-16-10-12-18(13-11-16)24(30)31/h1-14H,15H2,(H,30,31)(H,26,27,28,29)/b21-14-. The molecule has 0 unspecified atom stereocenters. The van der Waals surface area contributed by atoms with Gasteiger partial charge in [-0.25, -0.2) is 4.79 Å². The van der Waals surface area contributed by atoms with Crippen LogP contribution in [-0.2, 0) is 11.4 Å². The molecule has 3 aromatic carbocycles. The first kappa shape index (κ1) is 22.0. The lowest BCUT2D eigenvalue weighted by molar-refractivity contribution is -0.115. The SMILES string of the molecule is O=C1NC(=NC(=O)c2ccccc2)S/C1=C\c1ccccc1OCc1ccc(C(=O)O)cc1. The van der Waals surface area contributed by atoms with Crippen LogP contribution in [0.3, 0.4) is 0 Å². The number of carbonyl (C=O) groups is 3. The van der Waals surface area contributed by atoms with E-state index < -0.39 is 11.9 Å². The lowest BCUT2D eigenvalue weighted by Gasteiger charge is -2.10. The zero-order valence-corrected chi connectivity index (χ0v) is 18.0. The van der Waals surface area contributed by atoms with Crippen LogP contribution in [0.15, 0.2) is 88.8 Å². The molecule has 0 atom stereocenters. The first-order valence-electron chi connectivity index (χ1n) is 9.92. The van der Waals surface area contributed by atoms with Crippen LogP contribution in [0.5, 0.6) is 5.75 Å². The quantitative estimate of drug-likeness (QED) is 0.532. The highest BCUT2D eigenvalue weighted by molar-refractivity contribution is 8.18. The largest absolute Gasteiger partial charge is 0.488 e. The van der Waals surface area contributed by atoms with Crippen LogP contribution in [0.2, 0.25) is 0 Å². The van der Waals surface area contributed by atoms with E-state index in [9.17, 15) is 14.4 Å². The van der Waals surface area contributed by atoms with Gasteiger partial charge >= 0.3 is 5.97 Å². The Balaban J connectivity index is 1.48. The van der Waals surface area contributed by atoms with Gasteiger partial charge in [0.1, 0.15) is 12.4 Å². The van der Waals surface area contributed by atoms with Crippen molar-refractivity contribution in [3.8, 4) is 5.75 Å². The van der Waals surface area contributed by atoms with E-state index in [0.29, 0.717) is 21.8 Å². The molecule has 1 heterocycles. The Hall–Kier alpha value is -4.17. The van der Waals surface area contributed by atoms with Gasteiger partial charge < -0.3 is 15.2 Å². The predicted molar refractivity (Wildman–Crippen MR) is 126 cm³/mol. The maximum atomic E-state index is 12.4. The molecule has 33 heavy (non-hydrogen) atoms. The van der Waals surface area contributed by atoms with Crippen LogP contribution in [-0.4, -0.2) is 28.1 Å². The molecule has 1 fully saturated rings. The van der Waals surface area contributed by atoms with E-state index >= 15 is 0 Å². The molecule has 0 saturated carbocycles. The number of benzene rings is 3. The molecule has 0 radical (unpaired) electrons. The minimum atomic E-state index is -0.986. The van der Waals surface area contributed by atoms with Crippen molar-refractivity contribution < 1.29 is 24.2 Å². The van der Waals surface area contributed by atoms with Crippen molar-refractivity contribution in [2.45, 2.75) is 6.61 Å². The molecule has 2 amide bonds. The molecular formula is C25H18N2O5S. The molecule has 3 aromatic rings. The first-order valence-corrected chi connectivity index (χ1v) is 10.7. The Labute approximate surface area is 193 Å². The Bertz CT molecular complexity index is 1270. The van der Waals surface area contributed by atoms with E-state index in [2.05, 4.69) is 10.3 Å². The molecule has 0 bridgehead atoms. The van der Waals surface area contributed by atoms with E-state index in [1.54, 1.807) is 48.5 Å². The van der Waals surface area contributed by atoms with Crippen LogP contribution in [0.25, 0.3) is 6.08 Å². The van der Waals surface area contributed by atoms with Gasteiger partial charge in [-0.1, -0.05) is 48.5 Å². The fourth-order valence-electron chi connectivity index (χ4n) is 3.00. The zero-order valence-electron chi connectivity index (χ0n) is 17.2. The summed E-state index contributed by atoms with van der Waals surface area (Å²) in [5, 5.41) is 11.8. The number of amides is 2. The third-order valence-corrected chi connectivity index (χ3v) is 5.59. The van der Waals surface area contributed by atoms with Crippen LogP contribution >= 0.6 is 11.8 Å². The summed E-state index contributed by atoms with van der Waals surface area (Å²) in [6, 6.07) is 22.3. The summed E-state index contributed by atoms with van der Waals surface area (Å²) in [4.78, 5) is 40.1. The van der Waals surface area contributed by atoms with Crippen molar-refractivity contribution in [2.75, 3.05) is 0 Å². The van der Waals surface area contributed by atoms with E-state index in [0.717, 1.165) is 17.3 Å².